The normalized spacial score (nSPS) is 23.2. The molecule has 4 nitrogen and oxygen atoms in total. The highest BCUT2D eigenvalue weighted by Crippen LogP contribution is 2.50. The average Bonchev–Trinajstić information content (AvgIpc) is 3.43. The number of hydrogen-bond acceptors (Lipinski definition) is 3. The van der Waals surface area contributed by atoms with Gasteiger partial charge in [0.1, 0.15) is 0 Å². The van der Waals surface area contributed by atoms with Crippen LogP contribution in [0.3, 0.4) is 0 Å². The van der Waals surface area contributed by atoms with E-state index in [1.54, 1.807) is 0 Å². The second-order valence-electron chi connectivity index (χ2n) is 6.49. The molecule has 1 aliphatic heterocycles. The topological polar surface area (TPSA) is 36.4 Å². The lowest BCUT2D eigenvalue weighted by Crippen LogP contribution is -2.49. The summed E-state index contributed by atoms with van der Waals surface area (Å²) in [5.41, 5.74) is 2.30. The lowest BCUT2D eigenvalue weighted by Gasteiger charge is -2.36. The van der Waals surface area contributed by atoms with E-state index >= 15 is 0 Å². The quantitative estimate of drug-likeness (QED) is 0.860. The predicted molar refractivity (Wildman–Crippen MR) is 95.3 cm³/mol. The smallest absolute Gasteiger partial charge is 0.226 e. The van der Waals surface area contributed by atoms with E-state index in [4.69, 9.17) is 11.6 Å². The van der Waals surface area contributed by atoms with Crippen LogP contribution >= 0.6 is 11.6 Å². The first-order chi connectivity index (χ1) is 11.7. The number of piperazine rings is 1. The van der Waals surface area contributed by atoms with Crippen molar-refractivity contribution in [3.05, 3.63) is 59.4 Å². The van der Waals surface area contributed by atoms with Crippen LogP contribution < -0.4 is 4.90 Å². The Morgan fingerprint density at radius 2 is 1.75 bits per heavy atom. The van der Waals surface area contributed by atoms with E-state index in [0.717, 1.165) is 43.2 Å². The summed E-state index contributed by atoms with van der Waals surface area (Å²) < 4.78 is 0. The van der Waals surface area contributed by atoms with E-state index in [-0.39, 0.29) is 11.8 Å². The predicted octanol–water partition coefficient (Wildman–Crippen LogP) is 3.19. The molecular weight excluding hydrogens is 322 g/mol. The first-order valence-electron chi connectivity index (χ1n) is 8.42. The van der Waals surface area contributed by atoms with Crippen molar-refractivity contribution < 1.29 is 4.79 Å². The third-order valence-corrected chi connectivity index (χ3v) is 5.38. The highest BCUT2D eigenvalue weighted by Gasteiger charge is 2.46. The third kappa shape index (κ3) is 2.98. The largest absolute Gasteiger partial charge is 0.368 e. The minimum atomic E-state index is 0.109. The lowest BCUT2D eigenvalue weighted by molar-refractivity contribution is -0.132. The first-order valence-corrected chi connectivity index (χ1v) is 8.80. The van der Waals surface area contributed by atoms with Gasteiger partial charge in [0, 0.05) is 55.2 Å². The summed E-state index contributed by atoms with van der Waals surface area (Å²) in [4.78, 5) is 21.1. The van der Waals surface area contributed by atoms with Crippen LogP contribution in [0.2, 0.25) is 5.02 Å². The number of carbonyl (C=O) groups is 1. The number of benzene rings is 1. The van der Waals surface area contributed by atoms with E-state index in [2.05, 4.69) is 9.88 Å². The van der Waals surface area contributed by atoms with Gasteiger partial charge in [0.25, 0.3) is 0 Å². The van der Waals surface area contributed by atoms with E-state index in [1.165, 1.54) is 5.69 Å². The van der Waals surface area contributed by atoms with Gasteiger partial charge in [0.15, 0.2) is 0 Å². The molecule has 0 radical (unpaired) electrons. The molecule has 1 saturated heterocycles. The summed E-state index contributed by atoms with van der Waals surface area (Å²) in [5.74, 6) is 0.691. The minimum Gasteiger partial charge on any atom is -0.368 e. The van der Waals surface area contributed by atoms with Crippen molar-refractivity contribution in [2.45, 2.75) is 12.3 Å². The average molecular weight is 342 g/mol. The molecule has 5 heteroatoms. The Labute approximate surface area is 147 Å². The fraction of sp³-hybridized carbons (Fsp3) is 0.368. The number of nitrogens with zero attached hydrogens (tertiary/aromatic N) is 3. The molecule has 2 fully saturated rings. The maximum atomic E-state index is 12.8. The molecule has 4 rings (SSSR count). The van der Waals surface area contributed by atoms with Gasteiger partial charge < -0.3 is 9.80 Å². The van der Waals surface area contributed by atoms with E-state index in [0.29, 0.717) is 5.92 Å². The van der Waals surface area contributed by atoms with Gasteiger partial charge in [-0.25, -0.2) is 0 Å². The van der Waals surface area contributed by atoms with Gasteiger partial charge in [0.2, 0.25) is 5.91 Å². The summed E-state index contributed by atoms with van der Waals surface area (Å²) in [6.45, 7) is 3.32. The molecule has 1 aliphatic carbocycles. The Bertz CT molecular complexity index is 728. The number of hydrogen-bond donors (Lipinski definition) is 0. The zero-order chi connectivity index (χ0) is 16.5. The fourth-order valence-corrected chi connectivity index (χ4v) is 3.84. The SMILES string of the molecule is O=C(C1CC1c1ccccc1Cl)N1CCN(c2ccncc2)CC1. The highest BCUT2D eigenvalue weighted by molar-refractivity contribution is 6.31. The summed E-state index contributed by atoms with van der Waals surface area (Å²) >= 11 is 6.27. The van der Waals surface area contributed by atoms with Crippen LogP contribution in [0.1, 0.15) is 17.9 Å². The molecular formula is C19H20ClN3O. The van der Waals surface area contributed by atoms with Crippen LogP contribution in [0.5, 0.6) is 0 Å². The summed E-state index contributed by atoms with van der Waals surface area (Å²) in [5, 5.41) is 0.778. The second-order valence-corrected chi connectivity index (χ2v) is 6.90. The number of pyridine rings is 1. The summed E-state index contributed by atoms with van der Waals surface area (Å²) in [6, 6.07) is 11.9. The maximum absolute atomic E-state index is 12.8. The molecule has 0 spiro atoms. The molecule has 1 aromatic carbocycles. The van der Waals surface area contributed by atoms with E-state index in [9.17, 15) is 4.79 Å². The highest BCUT2D eigenvalue weighted by atomic mass is 35.5. The van der Waals surface area contributed by atoms with E-state index < -0.39 is 0 Å². The van der Waals surface area contributed by atoms with Gasteiger partial charge in [-0.1, -0.05) is 29.8 Å². The van der Waals surface area contributed by atoms with Gasteiger partial charge in [-0.05, 0) is 36.1 Å². The Kier molecular flexibility index (Phi) is 4.15. The van der Waals surface area contributed by atoms with Crippen LogP contribution in [0.15, 0.2) is 48.8 Å². The first kappa shape index (κ1) is 15.5. The molecule has 24 heavy (non-hydrogen) atoms. The van der Waals surface area contributed by atoms with Crippen LogP contribution in [0.4, 0.5) is 5.69 Å². The van der Waals surface area contributed by atoms with Gasteiger partial charge in [-0.2, -0.15) is 0 Å². The fourth-order valence-electron chi connectivity index (χ4n) is 3.56. The van der Waals surface area contributed by atoms with Crippen molar-refractivity contribution in [3.63, 3.8) is 0 Å². The molecule has 0 bridgehead atoms. The van der Waals surface area contributed by atoms with Crippen LogP contribution in [0.25, 0.3) is 0 Å². The van der Waals surface area contributed by atoms with Crippen molar-refractivity contribution in [1.29, 1.82) is 0 Å². The monoisotopic (exact) mass is 341 g/mol. The molecule has 2 heterocycles. The molecule has 2 unspecified atom stereocenters. The minimum absolute atomic E-state index is 0.109. The van der Waals surface area contributed by atoms with Crippen LogP contribution in [0, 0.1) is 5.92 Å². The molecule has 124 valence electrons. The van der Waals surface area contributed by atoms with E-state index in [1.807, 2.05) is 53.7 Å². The molecule has 2 aromatic rings. The van der Waals surface area contributed by atoms with Crippen molar-refractivity contribution >= 4 is 23.2 Å². The summed E-state index contributed by atoms with van der Waals surface area (Å²) in [6.07, 6.45) is 4.55. The summed E-state index contributed by atoms with van der Waals surface area (Å²) in [7, 11) is 0. The Morgan fingerprint density at radius 3 is 2.46 bits per heavy atom. The maximum Gasteiger partial charge on any atom is 0.226 e. The zero-order valence-electron chi connectivity index (χ0n) is 13.4. The Hall–Kier alpha value is -2.07. The number of rotatable bonds is 3. The lowest BCUT2D eigenvalue weighted by atomic mass is 10.1. The molecule has 0 N–H and O–H groups in total. The zero-order valence-corrected chi connectivity index (χ0v) is 14.2. The van der Waals surface area contributed by atoms with Crippen LogP contribution in [-0.4, -0.2) is 42.0 Å². The van der Waals surface area contributed by atoms with Gasteiger partial charge in [-0.3, -0.25) is 9.78 Å². The van der Waals surface area contributed by atoms with Gasteiger partial charge in [0.05, 0.1) is 0 Å². The van der Waals surface area contributed by atoms with Gasteiger partial charge in [-0.15, -0.1) is 0 Å². The van der Waals surface area contributed by atoms with Crippen LogP contribution in [-0.2, 0) is 4.79 Å². The van der Waals surface area contributed by atoms with Crippen molar-refractivity contribution in [1.82, 2.24) is 9.88 Å². The molecule has 1 amide bonds. The standard InChI is InChI=1S/C19H20ClN3O/c20-18-4-2-1-3-15(18)16-13-17(16)19(24)23-11-9-22(10-12-23)14-5-7-21-8-6-14/h1-8,16-17H,9-13H2. The number of aromatic nitrogens is 1. The van der Waals surface area contributed by atoms with Crippen molar-refractivity contribution in [2.24, 2.45) is 5.92 Å². The molecule has 2 aliphatic rings. The number of carbonyl (C=O) groups excluding carboxylic acids is 1. The second kappa shape index (κ2) is 6.44. The third-order valence-electron chi connectivity index (χ3n) is 5.03. The molecule has 1 saturated carbocycles. The Balaban J connectivity index is 1.35. The molecule has 2 atom stereocenters. The number of anilines is 1. The van der Waals surface area contributed by atoms with Crippen molar-refractivity contribution in [2.75, 3.05) is 31.1 Å². The van der Waals surface area contributed by atoms with Crippen molar-refractivity contribution in [3.8, 4) is 0 Å². The molecule has 1 aromatic heterocycles. The van der Waals surface area contributed by atoms with Gasteiger partial charge >= 0.3 is 0 Å². The number of amides is 1. The Morgan fingerprint density at radius 1 is 1.04 bits per heavy atom. The number of halogens is 1.